The van der Waals surface area contributed by atoms with Crippen LogP contribution in [0.5, 0.6) is 0 Å². The lowest BCUT2D eigenvalue weighted by Gasteiger charge is -2.07. The Morgan fingerprint density at radius 3 is 2.38 bits per heavy atom. The predicted octanol–water partition coefficient (Wildman–Crippen LogP) is 3.00. The van der Waals surface area contributed by atoms with Crippen LogP contribution in [0.3, 0.4) is 0 Å². The molecule has 0 aliphatic rings. The molecule has 0 saturated carbocycles. The summed E-state index contributed by atoms with van der Waals surface area (Å²) < 4.78 is 36.5. The van der Waals surface area contributed by atoms with Gasteiger partial charge in [0, 0.05) is 5.56 Å². The summed E-state index contributed by atoms with van der Waals surface area (Å²) in [5.41, 5.74) is 0.261. The summed E-state index contributed by atoms with van der Waals surface area (Å²) in [4.78, 5) is 0. The molecular formula is C10H7F3. The lowest BCUT2D eigenvalue weighted by molar-refractivity contribution is -0.137. The number of aryl methyl sites for hydroxylation is 1. The number of hydrogen-bond acceptors (Lipinski definition) is 0. The van der Waals surface area contributed by atoms with Crippen molar-refractivity contribution >= 4 is 0 Å². The Labute approximate surface area is 74.4 Å². The average Bonchev–Trinajstić information content (AvgIpc) is 2.03. The van der Waals surface area contributed by atoms with Crippen LogP contribution in [0.1, 0.15) is 16.7 Å². The summed E-state index contributed by atoms with van der Waals surface area (Å²) in [5.74, 6) is 2.21. The monoisotopic (exact) mass is 184 g/mol. The molecule has 0 amide bonds. The van der Waals surface area contributed by atoms with Gasteiger partial charge in [0.2, 0.25) is 0 Å². The molecule has 0 radical (unpaired) electrons. The molecule has 0 nitrogen and oxygen atoms in total. The molecule has 1 aromatic rings. The summed E-state index contributed by atoms with van der Waals surface area (Å²) in [6, 6.07) is 3.38. The summed E-state index contributed by atoms with van der Waals surface area (Å²) in [6.07, 6.45) is 0.725. The number of halogens is 3. The summed E-state index contributed by atoms with van der Waals surface area (Å²) >= 11 is 0. The molecule has 1 rings (SSSR count). The summed E-state index contributed by atoms with van der Waals surface area (Å²) in [6.45, 7) is 1.68. The van der Waals surface area contributed by atoms with Crippen molar-refractivity contribution in [3.8, 4) is 12.3 Å². The van der Waals surface area contributed by atoms with Gasteiger partial charge in [-0.3, -0.25) is 0 Å². The zero-order valence-electron chi connectivity index (χ0n) is 6.94. The van der Waals surface area contributed by atoms with Gasteiger partial charge < -0.3 is 0 Å². The minimum Gasteiger partial charge on any atom is -0.166 e. The van der Waals surface area contributed by atoms with Crippen LogP contribution in [0.25, 0.3) is 0 Å². The first-order valence-corrected chi connectivity index (χ1v) is 3.59. The van der Waals surface area contributed by atoms with E-state index in [0.29, 0.717) is 5.56 Å². The van der Waals surface area contributed by atoms with E-state index >= 15 is 0 Å². The maximum absolute atomic E-state index is 12.2. The molecule has 1 aromatic carbocycles. The van der Waals surface area contributed by atoms with Gasteiger partial charge in [-0.25, -0.2) is 0 Å². The highest BCUT2D eigenvalue weighted by atomic mass is 19.4. The third kappa shape index (κ3) is 2.03. The molecule has 0 atom stereocenters. The first-order valence-electron chi connectivity index (χ1n) is 3.59. The number of benzene rings is 1. The van der Waals surface area contributed by atoms with E-state index in [1.165, 1.54) is 6.07 Å². The molecule has 0 fully saturated rings. The summed E-state index contributed by atoms with van der Waals surface area (Å²) in [5, 5.41) is 0. The van der Waals surface area contributed by atoms with Crippen LogP contribution in [0, 0.1) is 19.3 Å². The van der Waals surface area contributed by atoms with Crippen molar-refractivity contribution in [3.05, 3.63) is 34.9 Å². The molecule has 0 heterocycles. The highest BCUT2D eigenvalue weighted by molar-refractivity contribution is 5.42. The Balaban J connectivity index is 3.24. The molecule has 0 N–H and O–H groups in total. The third-order valence-electron chi connectivity index (χ3n) is 1.72. The summed E-state index contributed by atoms with van der Waals surface area (Å²) in [7, 11) is 0. The first kappa shape index (κ1) is 9.66. The zero-order valence-corrected chi connectivity index (χ0v) is 6.94. The van der Waals surface area contributed by atoms with Crippen LogP contribution < -0.4 is 0 Å². The van der Waals surface area contributed by atoms with Gasteiger partial charge in [-0.2, -0.15) is 13.2 Å². The van der Waals surface area contributed by atoms with Gasteiger partial charge in [-0.15, -0.1) is 6.42 Å². The lowest BCUT2D eigenvalue weighted by atomic mass is 10.1. The normalized spacial score (nSPS) is 11.0. The van der Waals surface area contributed by atoms with Crippen molar-refractivity contribution in [3.63, 3.8) is 0 Å². The van der Waals surface area contributed by atoms with E-state index in [1.807, 2.05) is 0 Å². The highest BCUT2D eigenvalue weighted by Crippen LogP contribution is 2.30. The van der Waals surface area contributed by atoms with E-state index in [9.17, 15) is 13.2 Å². The Hall–Kier alpha value is -1.43. The Kier molecular flexibility index (Phi) is 2.33. The van der Waals surface area contributed by atoms with E-state index in [4.69, 9.17) is 6.42 Å². The van der Waals surface area contributed by atoms with Crippen LogP contribution in [-0.2, 0) is 6.18 Å². The Bertz CT molecular complexity index is 355. The third-order valence-corrected chi connectivity index (χ3v) is 1.72. The van der Waals surface area contributed by atoms with Gasteiger partial charge in [0.05, 0.1) is 5.56 Å². The number of alkyl halides is 3. The van der Waals surface area contributed by atoms with Gasteiger partial charge in [0.1, 0.15) is 0 Å². The molecular weight excluding hydrogens is 177 g/mol. The van der Waals surface area contributed by atoms with Crippen LogP contribution in [0.4, 0.5) is 13.2 Å². The predicted molar refractivity (Wildman–Crippen MR) is 44.1 cm³/mol. The molecule has 68 valence electrons. The first-order chi connectivity index (χ1) is 5.95. The van der Waals surface area contributed by atoms with Gasteiger partial charge in [-0.05, 0) is 24.6 Å². The number of hydrogen-bond donors (Lipinski definition) is 0. The SMILES string of the molecule is C#Cc1cc(C(F)(F)F)ccc1C. The topological polar surface area (TPSA) is 0 Å². The fraction of sp³-hybridized carbons (Fsp3) is 0.200. The minimum atomic E-state index is -4.32. The molecule has 3 heteroatoms. The molecule has 0 aliphatic heterocycles. The maximum Gasteiger partial charge on any atom is 0.416 e. The van der Waals surface area contributed by atoms with Gasteiger partial charge in [-0.1, -0.05) is 12.0 Å². The molecule has 13 heavy (non-hydrogen) atoms. The number of terminal acetylenes is 1. The second kappa shape index (κ2) is 3.14. The number of rotatable bonds is 0. The minimum absolute atomic E-state index is 0.287. The fourth-order valence-electron chi connectivity index (χ4n) is 0.954. The van der Waals surface area contributed by atoms with Crippen molar-refractivity contribution in [1.82, 2.24) is 0 Å². The van der Waals surface area contributed by atoms with E-state index in [-0.39, 0.29) is 5.56 Å². The Morgan fingerprint density at radius 2 is 1.92 bits per heavy atom. The van der Waals surface area contributed by atoms with Gasteiger partial charge >= 0.3 is 6.18 Å². The van der Waals surface area contributed by atoms with Crippen LogP contribution in [0.15, 0.2) is 18.2 Å². The highest BCUT2D eigenvalue weighted by Gasteiger charge is 2.30. The van der Waals surface area contributed by atoms with Crippen molar-refractivity contribution in [2.45, 2.75) is 13.1 Å². The van der Waals surface area contributed by atoms with E-state index in [1.54, 1.807) is 6.92 Å². The van der Waals surface area contributed by atoms with Crippen LogP contribution in [-0.4, -0.2) is 0 Å². The van der Waals surface area contributed by atoms with E-state index in [0.717, 1.165) is 12.1 Å². The lowest BCUT2D eigenvalue weighted by Crippen LogP contribution is -2.05. The van der Waals surface area contributed by atoms with Crippen molar-refractivity contribution in [2.24, 2.45) is 0 Å². The zero-order chi connectivity index (χ0) is 10.1. The van der Waals surface area contributed by atoms with Gasteiger partial charge in [0.25, 0.3) is 0 Å². The fourth-order valence-corrected chi connectivity index (χ4v) is 0.954. The average molecular weight is 184 g/mol. The second-order valence-electron chi connectivity index (χ2n) is 2.67. The molecule has 0 aliphatic carbocycles. The molecule has 0 spiro atoms. The quantitative estimate of drug-likeness (QED) is 0.544. The smallest absolute Gasteiger partial charge is 0.166 e. The standard InChI is InChI=1S/C10H7F3/c1-3-8-6-9(10(11,12)13)5-4-7(8)2/h1,4-6H,2H3. The van der Waals surface area contributed by atoms with Crippen molar-refractivity contribution in [2.75, 3.05) is 0 Å². The molecule has 0 aromatic heterocycles. The molecule has 0 bridgehead atoms. The van der Waals surface area contributed by atoms with Crippen molar-refractivity contribution < 1.29 is 13.2 Å². The molecule has 0 saturated heterocycles. The molecule has 0 unspecified atom stereocenters. The van der Waals surface area contributed by atoms with Crippen molar-refractivity contribution in [1.29, 1.82) is 0 Å². The van der Waals surface area contributed by atoms with Crippen LogP contribution in [0.2, 0.25) is 0 Å². The van der Waals surface area contributed by atoms with E-state index < -0.39 is 11.7 Å². The Morgan fingerprint density at radius 1 is 1.31 bits per heavy atom. The maximum atomic E-state index is 12.2. The second-order valence-corrected chi connectivity index (χ2v) is 2.67. The largest absolute Gasteiger partial charge is 0.416 e. The van der Waals surface area contributed by atoms with Crippen LogP contribution >= 0.6 is 0 Å². The van der Waals surface area contributed by atoms with E-state index in [2.05, 4.69) is 5.92 Å². The van der Waals surface area contributed by atoms with Gasteiger partial charge in [0.15, 0.2) is 0 Å².